The number of aromatic amines is 1. The molecule has 4 rings (SSSR count). The molecule has 2 aliphatic heterocycles. The van der Waals surface area contributed by atoms with Crippen LogP contribution in [0.2, 0.25) is 5.02 Å². The molecule has 0 bridgehead atoms. The lowest BCUT2D eigenvalue weighted by molar-refractivity contribution is 0.0194. The highest BCUT2D eigenvalue weighted by Gasteiger charge is 2.33. The van der Waals surface area contributed by atoms with Crippen molar-refractivity contribution in [2.45, 2.75) is 29.1 Å². The SMILES string of the molecule is C=NCC1(CNC(=O)c2[nH]c3c(c2Sc2ccc(Cl)cc2)=CCCN=3)CCOCC1. The van der Waals surface area contributed by atoms with Crippen molar-refractivity contribution in [2.75, 3.05) is 32.8 Å². The van der Waals surface area contributed by atoms with Crippen LogP contribution in [0.5, 0.6) is 0 Å². The average molecular weight is 445 g/mol. The van der Waals surface area contributed by atoms with Gasteiger partial charge in [0.05, 0.1) is 4.90 Å². The van der Waals surface area contributed by atoms with Crippen molar-refractivity contribution in [3.8, 4) is 0 Å². The summed E-state index contributed by atoms with van der Waals surface area (Å²) in [5.41, 5.74) is 1.23. The van der Waals surface area contributed by atoms with Gasteiger partial charge in [-0.3, -0.25) is 9.79 Å². The lowest BCUT2D eigenvalue weighted by Crippen LogP contribution is -2.43. The fourth-order valence-electron chi connectivity index (χ4n) is 3.86. The summed E-state index contributed by atoms with van der Waals surface area (Å²) < 4.78 is 5.50. The molecule has 2 aromatic rings. The minimum Gasteiger partial charge on any atom is -0.381 e. The third-order valence-electron chi connectivity index (χ3n) is 5.60. The van der Waals surface area contributed by atoms with Gasteiger partial charge in [-0.15, -0.1) is 0 Å². The standard InChI is InChI=1S/C22H25ClN4O2S/c1-24-13-22(8-11-29-12-9-22)14-26-21(28)18-19(17-3-2-10-25-20(17)27-18)30-16-6-4-15(23)5-7-16/h3-7H,1-2,8-14H2,(H,25,27)(H,26,28). The number of aliphatic imine (C=N–C) groups is 1. The maximum Gasteiger partial charge on any atom is 0.268 e. The Balaban J connectivity index is 1.60. The van der Waals surface area contributed by atoms with Crippen LogP contribution in [0.4, 0.5) is 0 Å². The van der Waals surface area contributed by atoms with Crippen LogP contribution in [-0.2, 0) is 4.74 Å². The number of fused-ring (bicyclic) bond motifs is 1. The first kappa shape index (κ1) is 21.2. The van der Waals surface area contributed by atoms with Crippen molar-refractivity contribution in [3.05, 3.63) is 45.7 Å². The predicted octanol–water partition coefficient (Wildman–Crippen LogP) is 2.85. The van der Waals surface area contributed by atoms with E-state index in [2.05, 4.69) is 33.1 Å². The van der Waals surface area contributed by atoms with Crippen LogP contribution in [0.15, 0.2) is 44.0 Å². The monoisotopic (exact) mass is 444 g/mol. The molecule has 1 aromatic carbocycles. The summed E-state index contributed by atoms with van der Waals surface area (Å²) in [6.45, 7) is 6.93. The number of benzene rings is 1. The summed E-state index contributed by atoms with van der Waals surface area (Å²) >= 11 is 7.58. The van der Waals surface area contributed by atoms with Crippen molar-refractivity contribution in [1.82, 2.24) is 10.3 Å². The van der Waals surface area contributed by atoms with Gasteiger partial charge in [-0.05, 0) is 50.2 Å². The van der Waals surface area contributed by atoms with E-state index in [0.29, 0.717) is 37.0 Å². The summed E-state index contributed by atoms with van der Waals surface area (Å²) in [5, 5.41) is 4.82. The van der Waals surface area contributed by atoms with Crippen LogP contribution in [0.1, 0.15) is 29.8 Å². The molecule has 0 atom stereocenters. The molecule has 0 aliphatic carbocycles. The summed E-state index contributed by atoms with van der Waals surface area (Å²) in [7, 11) is 0. The van der Waals surface area contributed by atoms with Crippen LogP contribution < -0.4 is 16.0 Å². The number of ether oxygens (including phenoxy) is 1. The highest BCUT2D eigenvalue weighted by Crippen LogP contribution is 2.31. The fraction of sp³-hybridized carbons (Fsp3) is 0.409. The van der Waals surface area contributed by atoms with Gasteiger partial charge in [-0.2, -0.15) is 0 Å². The summed E-state index contributed by atoms with van der Waals surface area (Å²) in [6.07, 6.45) is 4.75. The van der Waals surface area contributed by atoms with Gasteiger partial charge < -0.3 is 20.0 Å². The minimum absolute atomic E-state index is 0.0954. The number of nitrogens with one attached hydrogen (secondary N) is 2. The second kappa shape index (κ2) is 9.37. The molecule has 2 aliphatic rings. The third-order valence-corrected chi connectivity index (χ3v) is 6.99. The zero-order valence-corrected chi connectivity index (χ0v) is 18.3. The maximum absolute atomic E-state index is 13.2. The number of rotatable bonds is 7. The molecule has 1 amide bonds. The third kappa shape index (κ3) is 4.63. The Kier molecular flexibility index (Phi) is 6.61. The van der Waals surface area contributed by atoms with Gasteiger partial charge in [0.2, 0.25) is 0 Å². The van der Waals surface area contributed by atoms with Gasteiger partial charge in [-0.25, -0.2) is 0 Å². The number of amides is 1. The van der Waals surface area contributed by atoms with Crippen LogP contribution in [0, 0.1) is 5.41 Å². The number of hydrogen-bond donors (Lipinski definition) is 2. The minimum atomic E-state index is -0.126. The molecule has 1 fully saturated rings. The lowest BCUT2D eigenvalue weighted by atomic mass is 9.80. The number of nitrogens with zero attached hydrogens (tertiary/aromatic N) is 2. The van der Waals surface area contributed by atoms with Gasteiger partial charge >= 0.3 is 0 Å². The molecule has 1 aromatic heterocycles. The molecule has 0 unspecified atom stereocenters. The van der Waals surface area contributed by atoms with E-state index in [1.54, 1.807) is 11.8 Å². The van der Waals surface area contributed by atoms with E-state index in [9.17, 15) is 4.79 Å². The predicted molar refractivity (Wildman–Crippen MR) is 120 cm³/mol. The van der Waals surface area contributed by atoms with Gasteiger partial charge in [0.1, 0.15) is 11.2 Å². The first-order chi connectivity index (χ1) is 14.6. The van der Waals surface area contributed by atoms with Gasteiger partial charge in [-0.1, -0.05) is 29.4 Å². The molecule has 2 N–H and O–H groups in total. The van der Waals surface area contributed by atoms with E-state index in [0.717, 1.165) is 46.3 Å². The second-order valence-corrected chi connectivity index (χ2v) is 9.22. The quantitative estimate of drug-likeness (QED) is 0.644. The number of hydrogen-bond acceptors (Lipinski definition) is 5. The van der Waals surface area contributed by atoms with Crippen molar-refractivity contribution < 1.29 is 9.53 Å². The molecule has 30 heavy (non-hydrogen) atoms. The van der Waals surface area contributed by atoms with Crippen LogP contribution in [-0.4, -0.2) is 50.5 Å². The number of aromatic nitrogens is 1. The molecule has 8 heteroatoms. The number of carbonyl (C=O) groups is 1. The van der Waals surface area contributed by atoms with E-state index in [1.807, 2.05) is 24.3 Å². The first-order valence-electron chi connectivity index (χ1n) is 10.1. The zero-order chi connectivity index (χ0) is 21.0. The lowest BCUT2D eigenvalue weighted by Gasteiger charge is -2.35. The van der Waals surface area contributed by atoms with Gasteiger partial charge in [0, 0.05) is 53.4 Å². The number of halogens is 1. The van der Waals surface area contributed by atoms with Crippen LogP contribution >= 0.6 is 23.4 Å². The highest BCUT2D eigenvalue weighted by molar-refractivity contribution is 7.99. The van der Waals surface area contributed by atoms with Crippen molar-refractivity contribution >= 4 is 42.1 Å². The average Bonchev–Trinajstić information content (AvgIpc) is 3.13. The molecule has 0 saturated carbocycles. The number of H-pyrrole nitrogens is 1. The summed E-state index contributed by atoms with van der Waals surface area (Å²) in [6, 6.07) is 7.63. The summed E-state index contributed by atoms with van der Waals surface area (Å²) in [4.78, 5) is 27.1. The van der Waals surface area contributed by atoms with E-state index in [4.69, 9.17) is 16.3 Å². The second-order valence-electron chi connectivity index (χ2n) is 7.70. The molecule has 1 saturated heterocycles. The first-order valence-corrected chi connectivity index (χ1v) is 11.3. The van der Waals surface area contributed by atoms with Crippen molar-refractivity contribution in [2.24, 2.45) is 15.4 Å². The van der Waals surface area contributed by atoms with E-state index >= 15 is 0 Å². The molecule has 0 spiro atoms. The largest absolute Gasteiger partial charge is 0.381 e. The smallest absolute Gasteiger partial charge is 0.268 e. The van der Waals surface area contributed by atoms with Crippen molar-refractivity contribution in [1.29, 1.82) is 0 Å². The molecule has 6 nitrogen and oxygen atoms in total. The Morgan fingerprint density at radius 1 is 1.33 bits per heavy atom. The van der Waals surface area contributed by atoms with Gasteiger partial charge in [0.15, 0.2) is 0 Å². The molecule has 158 valence electrons. The highest BCUT2D eigenvalue weighted by atomic mass is 35.5. The van der Waals surface area contributed by atoms with Crippen LogP contribution in [0.3, 0.4) is 0 Å². The molecular formula is C22H25ClN4O2S. The zero-order valence-electron chi connectivity index (χ0n) is 16.7. The fourth-order valence-corrected chi connectivity index (χ4v) is 5.03. The van der Waals surface area contributed by atoms with E-state index in [-0.39, 0.29) is 11.3 Å². The molecule has 3 heterocycles. The van der Waals surface area contributed by atoms with E-state index in [1.165, 1.54) is 0 Å². The Hall–Kier alpha value is -2.09. The normalized spacial score (nSPS) is 17.4. The topological polar surface area (TPSA) is 78.8 Å². The summed E-state index contributed by atoms with van der Waals surface area (Å²) in [5.74, 6) is -0.126. The van der Waals surface area contributed by atoms with Gasteiger partial charge in [0.25, 0.3) is 5.91 Å². The Morgan fingerprint density at radius 2 is 2.10 bits per heavy atom. The molecular weight excluding hydrogens is 420 g/mol. The van der Waals surface area contributed by atoms with E-state index < -0.39 is 0 Å². The Morgan fingerprint density at radius 3 is 2.83 bits per heavy atom. The Labute approximate surface area is 184 Å². The number of carbonyl (C=O) groups excluding carboxylic acids is 1. The van der Waals surface area contributed by atoms with Crippen molar-refractivity contribution in [3.63, 3.8) is 0 Å². The Bertz CT molecular complexity index is 1040. The maximum atomic E-state index is 13.2. The van der Waals surface area contributed by atoms with Crippen LogP contribution in [0.25, 0.3) is 6.08 Å². The molecule has 0 radical (unpaired) electrons.